The largest absolute Gasteiger partial charge is 0.282 e. The van der Waals surface area contributed by atoms with E-state index in [9.17, 15) is 4.79 Å². The average molecular weight is 385 g/mol. The summed E-state index contributed by atoms with van der Waals surface area (Å²) in [5.74, 6) is 0.00418. The summed E-state index contributed by atoms with van der Waals surface area (Å²) in [6.07, 6.45) is 1.94. The molecular weight excluding hydrogens is 364 g/mol. The van der Waals surface area contributed by atoms with Gasteiger partial charge in [-0.25, -0.2) is 0 Å². The maximum absolute atomic E-state index is 13.1. The lowest BCUT2D eigenvalue weighted by molar-refractivity contribution is -0.122. The number of rotatable bonds is 5. The molecule has 0 bridgehead atoms. The van der Waals surface area contributed by atoms with Gasteiger partial charge in [-0.1, -0.05) is 91.0 Å². The second-order valence-corrected chi connectivity index (χ2v) is 7.49. The highest BCUT2D eigenvalue weighted by Gasteiger charge is 2.33. The summed E-state index contributed by atoms with van der Waals surface area (Å²) in [4.78, 5) is 20.3. The summed E-state index contributed by atoms with van der Waals surface area (Å²) in [6.45, 7) is 1.08. The van der Waals surface area contributed by atoms with Crippen LogP contribution in [0.25, 0.3) is 6.08 Å². The Morgan fingerprint density at radius 2 is 1.36 bits per heavy atom. The monoisotopic (exact) mass is 384 g/mol. The molecule has 3 aromatic rings. The van der Waals surface area contributed by atoms with E-state index >= 15 is 0 Å². The summed E-state index contributed by atoms with van der Waals surface area (Å²) in [7, 11) is 0. The van der Waals surface area contributed by atoms with Gasteiger partial charge >= 0.3 is 0 Å². The molecule has 138 valence electrons. The number of amidine groups is 1. The molecule has 0 aromatic heterocycles. The standard InChI is InChI=1S/C24H20N2OS/c27-23-22(16-19-10-4-1-5-11-19)28-24(25-17-20-12-6-2-7-13-20)26(23)18-21-14-8-3-9-15-21/h1-16H,17-18H2/b22-16+,25-24?. The molecule has 1 heterocycles. The number of benzene rings is 3. The molecular formula is C24H20N2OS. The SMILES string of the molecule is O=C1/C(=C\c2ccccc2)SC(=NCc2ccccc2)N1Cc1ccccc1. The van der Waals surface area contributed by atoms with Crippen LogP contribution >= 0.6 is 11.8 Å². The van der Waals surface area contributed by atoms with Crippen LogP contribution in [-0.2, 0) is 17.9 Å². The van der Waals surface area contributed by atoms with E-state index in [1.165, 1.54) is 11.8 Å². The molecule has 3 nitrogen and oxygen atoms in total. The third kappa shape index (κ3) is 4.41. The number of nitrogens with zero attached hydrogens (tertiary/aromatic N) is 2. The molecule has 0 spiro atoms. The zero-order valence-electron chi connectivity index (χ0n) is 15.4. The zero-order chi connectivity index (χ0) is 19.2. The highest BCUT2D eigenvalue weighted by atomic mass is 32.2. The molecule has 0 radical (unpaired) electrons. The van der Waals surface area contributed by atoms with Crippen LogP contribution in [0.2, 0.25) is 0 Å². The Kier molecular flexibility index (Phi) is 5.69. The molecule has 1 amide bonds. The van der Waals surface area contributed by atoms with E-state index in [0.29, 0.717) is 18.0 Å². The molecule has 3 aromatic carbocycles. The van der Waals surface area contributed by atoms with Gasteiger partial charge in [-0.2, -0.15) is 0 Å². The fourth-order valence-corrected chi connectivity index (χ4v) is 3.95. The number of thioether (sulfide) groups is 1. The van der Waals surface area contributed by atoms with E-state index in [0.717, 1.165) is 21.9 Å². The van der Waals surface area contributed by atoms with Crippen molar-refractivity contribution >= 4 is 28.9 Å². The minimum atomic E-state index is 0.00418. The smallest absolute Gasteiger partial charge is 0.267 e. The van der Waals surface area contributed by atoms with Crippen molar-refractivity contribution in [3.63, 3.8) is 0 Å². The predicted octanol–water partition coefficient (Wildman–Crippen LogP) is 5.36. The first-order valence-electron chi connectivity index (χ1n) is 9.18. The Hall–Kier alpha value is -3.11. The van der Waals surface area contributed by atoms with Crippen LogP contribution in [0.5, 0.6) is 0 Å². The molecule has 1 aliphatic heterocycles. The van der Waals surface area contributed by atoms with Crippen molar-refractivity contribution in [3.8, 4) is 0 Å². The summed E-state index contributed by atoms with van der Waals surface area (Å²) in [6, 6.07) is 30.1. The van der Waals surface area contributed by atoms with Crippen molar-refractivity contribution in [2.75, 3.05) is 0 Å². The molecule has 0 unspecified atom stereocenters. The number of aliphatic imine (C=N–C) groups is 1. The van der Waals surface area contributed by atoms with Crippen LogP contribution in [0.15, 0.2) is 101 Å². The molecule has 0 saturated carbocycles. The van der Waals surface area contributed by atoms with Crippen LogP contribution in [-0.4, -0.2) is 16.0 Å². The van der Waals surface area contributed by atoms with Gasteiger partial charge in [0, 0.05) is 0 Å². The second kappa shape index (κ2) is 8.72. The fourth-order valence-electron chi connectivity index (χ4n) is 2.97. The summed E-state index contributed by atoms with van der Waals surface area (Å²) >= 11 is 1.45. The van der Waals surface area contributed by atoms with Gasteiger partial charge in [0.2, 0.25) is 0 Å². The van der Waals surface area contributed by atoms with Crippen LogP contribution < -0.4 is 0 Å². The Morgan fingerprint density at radius 1 is 0.786 bits per heavy atom. The summed E-state index contributed by atoms with van der Waals surface area (Å²) in [5, 5.41) is 0.750. The molecule has 4 heteroatoms. The van der Waals surface area contributed by atoms with Crippen molar-refractivity contribution in [2.24, 2.45) is 4.99 Å². The maximum atomic E-state index is 13.1. The van der Waals surface area contributed by atoms with E-state index in [1.807, 2.05) is 97.1 Å². The van der Waals surface area contributed by atoms with Gasteiger partial charge in [-0.15, -0.1) is 0 Å². The van der Waals surface area contributed by atoms with E-state index in [-0.39, 0.29) is 5.91 Å². The summed E-state index contributed by atoms with van der Waals surface area (Å²) in [5.41, 5.74) is 3.23. The maximum Gasteiger partial charge on any atom is 0.267 e. The minimum Gasteiger partial charge on any atom is -0.282 e. The minimum absolute atomic E-state index is 0.00418. The first-order valence-corrected chi connectivity index (χ1v) is 10.00. The Morgan fingerprint density at radius 3 is 2.00 bits per heavy atom. The first kappa shape index (κ1) is 18.3. The molecule has 0 atom stereocenters. The number of hydrogen-bond acceptors (Lipinski definition) is 3. The van der Waals surface area contributed by atoms with Crippen molar-refractivity contribution in [3.05, 3.63) is 113 Å². The number of hydrogen-bond donors (Lipinski definition) is 0. The zero-order valence-corrected chi connectivity index (χ0v) is 16.2. The lowest BCUT2D eigenvalue weighted by Crippen LogP contribution is -2.28. The normalized spacial score (nSPS) is 16.9. The van der Waals surface area contributed by atoms with Gasteiger partial charge in [0.05, 0.1) is 18.0 Å². The van der Waals surface area contributed by atoms with Crippen molar-refractivity contribution < 1.29 is 4.79 Å². The molecule has 28 heavy (non-hydrogen) atoms. The van der Waals surface area contributed by atoms with E-state index in [2.05, 4.69) is 0 Å². The third-order valence-electron chi connectivity index (χ3n) is 4.41. The van der Waals surface area contributed by atoms with E-state index in [4.69, 9.17) is 4.99 Å². The Labute approximate surface area is 169 Å². The van der Waals surface area contributed by atoms with Gasteiger partial charge in [0.25, 0.3) is 5.91 Å². The van der Waals surface area contributed by atoms with Crippen LogP contribution in [0.1, 0.15) is 16.7 Å². The lowest BCUT2D eigenvalue weighted by atomic mass is 10.2. The average Bonchev–Trinajstić information content (AvgIpc) is 3.03. The van der Waals surface area contributed by atoms with E-state index in [1.54, 1.807) is 4.90 Å². The topological polar surface area (TPSA) is 32.7 Å². The molecule has 4 rings (SSSR count). The number of carbonyl (C=O) groups excluding carboxylic acids is 1. The van der Waals surface area contributed by atoms with Crippen molar-refractivity contribution in [1.29, 1.82) is 0 Å². The van der Waals surface area contributed by atoms with Crippen molar-refractivity contribution in [2.45, 2.75) is 13.1 Å². The highest BCUT2D eigenvalue weighted by Crippen LogP contribution is 2.34. The predicted molar refractivity (Wildman–Crippen MR) is 117 cm³/mol. The first-order chi connectivity index (χ1) is 13.8. The molecule has 1 fully saturated rings. The molecule has 0 N–H and O–H groups in total. The third-order valence-corrected chi connectivity index (χ3v) is 5.45. The van der Waals surface area contributed by atoms with Gasteiger partial charge in [-0.05, 0) is 34.5 Å². The van der Waals surface area contributed by atoms with Gasteiger partial charge in [-0.3, -0.25) is 14.7 Å². The van der Waals surface area contributed by atoms with Crippen molar-refractivity contribution in [1.82, 2.24) is 4.90 Å². The Bertz CT molecular complexity index is 999. The molecule has 0 aliphatic carbocycles. The van der Waals surface area contributed by atoms with Crippen LogP contribution in [0, 0.1) is 0 Å². The lowest BCUT2D eigenvalue weighted by Gasteiger charge is -2.15. The number of amides is 1. The van der Waals surface area contributed by atoms with Crippen LogP contribution in [0.3, 0.4) is 0 Å². The fraction of sp³-hybridized carbons (Fsp3) is 0.0833. The van der Waals surface area contributed by atoms with Crippen LogP contribution in [0.4, 0.5) is 0 Å². The van der Waals surface area contributed by atoms with Gasteiger partial charge in [0.1, 0.15) is 0 Å². The van der Waals surface area contributed by atoms with Gasteiger partial charge in [0.15, 0.2) is 5.17 Å². The quantitative estimate of drug-likeness (QED) is 0.555. The summed E-state index contributed by atoms with van der Waals surface area (Å²) < 4.78 is 0. The number of carbonyl (C=O) groups is 1. The highest BCUT2D eigenvalue weighted by molar-refractivity contribution is 8.18. The Balaban J connectivity index is 1.63. The molecule has 1 saturated heterocycles. The second-order valence-electron chi connectivity index (χ2n) is 6.48. The van der Waals surface area contributed by atoms with E-state index < -0.39 is 0 Å². The molecule has 1 aliphatic rings. The van der Waals surface area contributed by atoms with Gasteiger partial charge < -0.3 is 0 Å².